The first-order valence-corrected chi connectivity index (χ1v) is 6.70. The van der Waals surface area contributed by atoms with Gasteiger partial charge in [0.15, 0.2) is 0 Å². The second-order valence-corrected chi connectivity index (χ2v) is 4.73. The molecule has 3 rings (SSSR count). The van der Waals surface area contributed by atoms with E-state index in [-0.39, 0.29) is 12.3 Å². The summed E-state index contributed by atoms with van der Waals surface area (Å²) in [6.07, 6.45) is 3.29. The van der Waals surface area contributed by atoms with E-state index < -0.39 is 5.91 Å². The fourth-order valence-electron chi connectivity index (χ4n) is 2.19. The van der Waals surface area contributed by atoms with Crippen molar-refractivity contribution in [3.05, 3.63) is 59.9 Å². The van der Waals surface area contributed by atoms with Crippen molar-refractivity contribution in [1.82, 2.24) is 20.2 Å². The summed E-state index contributed by atoms with van der Waals surface area (Å²) in [5, 5.41) is 0. The van der Waals surface area contributed by atoms with Gasteiger partial charge in [0.25, 0.3) is 5.91 Å². The lowest BCUT2D eigenvalue weighted by atomic mass is 10.3. The van der Waals surface area contributed by atoms with E-state index in [4.69, 9.17) is 4.42 Å². The van der Waals surface area contributed by atoms with Crippen LogP contribution in [0.15, 0.2) is 47.2 Å². The average molecular weight is 298 g/mol. The molecular formula is C15H14N4O3. The van der Waals surface area contributed by atoms with Crippen molar-refractivity contribution in [1.29, 1.82) is 0 Å². The zero-order valence-corrected chi connectivity index (χ0v) is 11.9. The lowest BCUT2D eigenvalue weighted by Crippen LogP contribution is -2.43. The molecule has 2 N–H and O–H groups in total. The summed E-state index contributed by atoms with van der Waals surface area (Å²) in [5.74, 6) is -0.267. The molecule has 112 valence electrons. The van der Waals surface area contributed by atoms with E-state index in [0.717, 1.165) is 0 Å². The number of rotatable bonds is 3. The number of imidazole rings is 1. The number of nitrogens with one attached hydrogen (secondary N) is 2. The summed E-state index contributed by atoms with van der Waals surface area (Å²) in [5.41, 5.74) is 6.39. The molecule has 0 unspecified atom stereocenters. The standard InChI is InChI=1S/C15H14N4O3/c1-10-14(19-7-3-2-6-12(19)16-10)15(21)18-17-13(20)9-11-5-4-8-22-11/h2-8H,9H2,1H3,(H,17,20)(H,18,21). The van der Waals surface area contributed by atoms with E-state index in [9.17, 15) is 9.59 Å². The third-order valence-electron chi connectivity index (χ3n) is 3.15. The van der Waals surface area contributed by atoms with Gasteiger partial charge >= 0.3 is 0 Å². The van der Waals surface area contributed by atoms with Crippen LogP contribution in [-0.2, 0) is 11.2 Å². The molecule has 0 aromatic carbocycles. The maximum absolute atomic E-state index is 12.2. The van der Waals surface area contributed by atoms with Crippen LogP contribution >= 0.6 is 0 Å². The number of hydrogen-bond donors (Lipinski definition) is 2. The summed E-state index contributed by atoms with van der Waals surface area (Å²) >= 11 is 0. The molecule has 0 bridgehead atoms. The monoisotopic (exact) mass is 298 g/mol. The highest BCUT2D eigenvalue weighted by Gasteiger charge is 2.17. The molecule has 0 saturated heterocycles. The average Bonchev–Trinajstić information content (AvgIpc) is 3.11. The number of hydrazine groups is 1. The largest absolute Gasteiger partial charge is 0.469 e. The minimum absolute atomic E-state index is 0.0550. The fourth-order valence-corrected chi connectivity index (χ4v) is 2.19. The molecule has 7 nitrogen and oxygen atoms in total. The van der Waals surface area contributed by atoms with E-state index in [1.807, 2.05) is 6.07 Å². The normalized spacial score (nSPS) is 10.6. The van der Waals surface area contributed by atoms with Crippen molar-refractivity contribution < 1.29 is 14.0 Å². The molecule has 22 heavy (non-hydrogen) atoms. The Morgan fingerprint density at radius 1 is 1.23 bits per heavy atom. The van der Waals surface area contributed by atoms with Crippen LogP contribution in [0.1, 0.15) is 21.9 Å². The number of fused-ring (bicyclic) bond motifs is 1. The molecule has 0 spiro atoms. The number of aryl methyl sites for hydroxylation is 1. The molecule has 0 aliphatic carbocycles. The first-order valence-electron chi connectivity index (χ1n) is 6.70. The van der Waals surface area contributed by atoms with Crippen LogP contribution in [0.5, 0.6) is 0 Å². The number of pyridine rings is 1. The first-order chi connectivity index (χ1) is 10.6. The SMILES string of the molecule is Cc1nc2ccccn2c1C(=O)NNC(=O)Cc1ccco1. The summed E-state index contributed by atoms with van der Waals surface area (Å²) < 4.78 is 6.74. The summed E-state index contributed by atoms with van der Waals surface area (Å²) in [4.78, 5) is 28.3. The van der Waals surface area contributed by atoms with Gasteiger partial charge in [0.05, 0.1) is 18.4 Å². The molecule has 3 aromatic rings. The molecular weight excluding hydrogens is 284 g/mol. The summed E-state index contributed by atoms with van der Waals surface area (Å²) in [6, 6.07) is 8.84. The van der Waals surface area contributed by atoms with Gasteiger partial charge < -0.3 is 4.42 Å². The molecule has 0 aliphatic heterocycles. The molecule has 0 fully saturated rings. The van der Waals surface area contributed by atoms with E-state index in [1.54, 1.807) is 41.8 Å². The van der Waals surface area contributed by atoms with Crippen molar-refractivity contribution in [2.75, 3.05) is 0 Å². The second-order valence-electron chi connectivity index (χ2n) is 4.73. The van der Waals surface area contributed by atoms with Crippen LogP contribution in [0.25, 0.3) is 5.65 Å². The summed E-state index contributed by atoms with van der Waals surface area (Å²) in [6.45, 7) is 1.74. The number of carbonyl (C=O) groups excluding carboxylic acids is 2. The van der Waals surface area contributed by atoms with E-state index in [1.165, 1.54) is 6.26 Å². The van der Waals surface area contributed by atoms with Gasteiger partial charge in [-0.2, -0.15) is 0 Å². The molecule has 0 atom stereocenters. The van der Waals surface area contributed by atoms with Gasteiger partial charge in [-0.25, -0.2) is 4.98 Å². The summed E-state index contributed by atoms with van der Waals surface area (Å²) in [7, 11) is 0. The molecule has 3 aromatic heterocycles. The number of furan rings is 1. The van der Waals surface area contributed by atoms with E-state index >= 15 is 0 Å². The Kier molecular flexibility index (Phi) is 3.61. The maximum Gasteiger partial charge on any atom is 0.288 e. The van der Waals surface area contributed by atoms with Gasteiger partial charge in [-0.15, -0.1) is 0 Å². The fraction of sp³-hybridized carbons (Fsp3) is 0.133. The van der Waals surface area contributed by atoms with Crippen LogP contribution in [0.3, 0.4) is 0 Å². The van der Waals surface area contributed by atoms with Gasteiger partial charge in [0, 0.05) is 6.20 Å². The van der Waals surface area contributed by atoms with Gasteiger partial charge in [-0.05, 0) is 31.2 Å². The number of aromatic nitrogens is 2. The lowest BCUT2D eigenvalue weighted by Gasteiger charge is -2.07. The highest BCUT2D eigenvalue weighted by molar-refractivity contribution is 5.95. The predicted molar refractivity (Wildman–Crippen MR) is 77.9 cm³/mol. The van der Waals surface area contributed by atoms with Gasteiger partial charge in [0.1, 0.15) is 17.1 Å². The number of amides is 2. The predicted octanol–water partition coefficient (Wildman–Crippen LogP) is 1.24. The van der Waals surface area contributed by atoms with Crippen molar-refractivity contribution in [2.24, 2.45) is 0 Å². The highest BCUT2D eigenvalue weighted by atomic mass is 16.3. The van der Waals surface area contributed by atoms with Gasteiger partial charge in [-0.1, -0.05) is 6.07 Å². The number of hydrogen-bond acceptors (Lipinski definition) is 4. The molecule has 2 amide bonds. The Balaban J connectivity index is 1.68. The van der Waals surface area contributed by atoms with Crippen LogP contribution < -0.4 is 10.9 Å². The Hall–Kier alpha value is -3.09. The smallest absolute Gasteiger partial charge is 0.288 e. The maximum atomic E-state index is 12.2. The van der Waals surface area contributed by atoms with E-state index in [0.29, 0.717) is 22.8 Å². The molecule has 0 radical (unpaired) electrons. The van der Waals surface area contributed by atoms with Crippen LogP contribution in [0, 0.1) is 6.92 Å². The van der Waals surface area contributed by atoms with E-state index in [2.05, 4.69) is 15.8 Å². The second kappa shape index (κ2) is 5.72. The molecule has 0 aliphatic rings. The Morgan fingerprint density at radius 3 is 2.86 bits per heavy atom. The van der Waals surface area contributed by atoms with Crippen molar-refractivity contribution in [3.8, 4) is 0 Å². The number of nitrogens with zero attached hydrogens (tertiary/aromatic N) is 2. The van der Waals surface area contributed by atoms with Crippen molar-refractivity contribution in [3.63, 3.8) is 0 Å². The highest BCUT2D eigenvalue weighted by Crippen LogP contribution is 2.11. The third-order valence-corrected chi connectivity index (χ3v) is 3.15. The zero-order chi connectivity index (χ0) is 15.5. The van der Waals surface area contributed by atoms with Gasteiger partial charge in [0.2, 0.25) is 5.91 Å². The molecule has 0 saturated carbocycles. The van der Waals surface area contributed by atoms with Crippen LogP contribution in [-0.4, -0.2) is 21.2 Å². The van der Waals surface area contributed by atoms with Gasteiger partial charge in [-0.3, -0.25) is 24.8 Å². The Labute approximate surface area is 125 Å². The topological polar surface area (TPSA) is 88.6 Å². The van der Waals surface area contributed by atoms with Crippen molar-refractivity contribution >= 4 is 17.5 Å². The molecule has 7 heteroatoms. The minimum atomic E-state index is -0.427. The Morgan fingerprint density at radius 2 is 2.09 bits per heavy atom. The Bertz CT molecular complexity index is 821. The number of carbonyl (C=O) groups is 2. The van der Waals surface area contributed by atoms with Crippen LogP contribution in [0.4, 0.5) is 0 Å². The zero-order valence-electron chi connectivity index (χ0n) is 11.9. The van der Waals surface area contributed by atoms with Crippen molar-refractivity contribution in [2.45, 2.75) is 13.3 Å². The lowest BCUT2D eigenvalue weighted by molar-refractivity contribution is -0.121. The first kappa shape index (κ1) is 13.9. The minimum Gasteiger partial charge on any atom is -0.469 e. The quantitative estimate of drug-likeness (QED) is 0.712. The molecule has 3 heterocycles. The third kappa shape index (κ3) is 2.69. The van der Waals surface area contributed by atoms with Crippen LogP contribution in [0.2, 0.25) is 0 Å².